The van der Waals surface area contributed by atoms with E-state index in [9.17, 15) is 19.2 Å². The van der Waals surface area contributed by atoms with E-state index in [0.717, 1.165) is 6.41 Å². The maximum absolute atomic E-state index is 12.9. The van der Waals surface area contributed by atoms with Crippen molar-refractivity contribution in [3.63, 3.8) is 0 Å². The fourth-order valence-electron chi connectivity index (χ4n) is 3.59. The molecule has 0 bridgehead atoms. The van der Waals surface area contributed by atoms with Crippen molar-refractivity contribution in [2.75, 3.05) is 58.2 Å². The lowest BCUT2D eigenvalue weighted by molar-refractivity contribution is -0.145. The van der Waals surface area contributed by atoms with Gasteiger partial charge in [-0.05, 0) is 24.3 Å². The Bertz CT molecular complexity index is 776. The first-order valence-corrected chi connectivity index (χ1v) is 9.93. The first-order valence-electron chi connectivity index (χ1n) is 9.93. The summed E-state index contributed by atoms with van der Waals surface area (Å²) < 4.78 is 5.09. The van der Waals surface area contributed by atoms with Gasteiger partial charge < -0.3 is 25.2 Å². The summed E-state index contributed by atoms with van der Waals surface area (Å²) in [5, 5.41) is 5.48. The zero-order valence-electron chi connectivity index (χ0n) is 17.0. The number of piperazine rings is 2. The van der Waals surface area contributed by atoms with Gasteiger partial charge in [-0.1, -0.05) is 0 Å². The summed E-state index contributed by atoms with van der Waals surface area (Å²) in [5.41, 5.74) is 0.586. The molecule has 1 aromatic rings. The van der Waals surface area contributed by atoms with Crippen LogP contribution in [0, 0.1) is 0 Å². The number of methoxy groups -OCH3 is 1. The summed E-state index contributed by atoms with van der Waals surface area (Å²) >= 11 is 0. The number of carbonyl (C=O) groups is 4. The Hall–Kier alpha value is -3.14. The van der Waals surface area contributed by atoms with E-state index in [1.807, 2.05) is 4.90 Å². The van der Waals surface area contributed by atoms with Crippen molar-refractivity contribution in [2.24, 2.45) is 0 Å². The van der Waals surface area contributed by atoms with Gasteiger partial charge in [0.15, 0.2) is 0 Å². The molecule has 30 heavy (non-hydrogen) atoms. The number of nitrogens with one attached hydrogen (secondary N) is 2. The van der Waals surface area contributed by atoms with Crippen LogP contribution in [0.4, 0.5) is 5.69 Å². The summed E-state index contributed by atoms with van der Waals surface area (Å²) in [5.74, 6) is -0.193. The third-order valence-electron chi connectivity index (χ3n) is 5.32. The van der Waals surface area contributed by atoms with Crippen LogP contribution in [0.3, 0.4) is 0 Å². The topological polar surface area (TPSA) is 111 Å². The minimum absolute atomic E-state index is 0.122. The standard InChI is InChI=1S/C20H27N5O5/c1-30-16-4-2-15(3-5-16)22-18(27)12-17-20(29)21-6-7-25(17)19(28)13-23-8-10-24(14-26)11-9-23/h2-5,14,17H,6-13H2,1H3,(H,21,29)(H,22,27). The second kappa shape index (κ2) is 10.1. The monoisotopic (exact) mass is 417 g/mol. The van der Waals surface area contributed by atoms with Crippen LogP contribution in [0.1, 0.15) is 6.42 Å². The zero-order chi connectivity index (χ0) is 21.5. The van der Waals surface area contributed by atoms with Crippen LogP contribution in [0.15, 0.2) is 24.3 Å². The Balaban J connectivity index is 1.58. The second-order valence-electron chi connectivity index (χ2n) is 7.29. The van der Waals surface area contributed by atoms with Gasteiger partial charge in [-0.15, -0.1) is 0 Å². The van der Waals surface area contributed by atoms with Gasteiger partial charge in [0, 0.05) is 45.0 Å². The summed E-state index contributed by atoms with van der Waals surface area (Å²) in [6, 6.07) is 6.02. The van der Waals surface area contributed by atoms with E-state index in [2.05, 4.69) is 10.6 Å². The lowest BCUT2D eigenvalue weighted by Crippen LogP contribution is -2.60. The van der Waals surface area contributed by atoms with Gasteiger partial charge in [0.05, 0.1) is 20.1 Å². The van der Waals surface area contributed by atoms with Crippen molar-refractivity contribution in [2.45, 2.75) is 12.5 Å². The fraction of sp³-hybridized carbons (Fsp3) is 0.500. The summed E-state index contributed by atoms with van der Waals surface area (Å²) in [6.07, 6.45) is 0.689. The van der Waals surface area contributed by atoms with E-state index >= 15 is 0 Å². The van der Waals surface area contributed by atoms with Crippen molar-refractivity contribution in [1.82, 2.24) is 20.0 Å². The van der Waals surface area contributed by atoms with Crippen LogP contribution in [0.25, 0.3) is 0 Å². The van der Waals surface area contributed by atoms with Gasteiger partial charge in [0.1, 0.15) is 11.8 Å². The van der Waals surface area contributed by atoms with Gasteiger partial charge in [0.2, 0.25) is 24.1 Å². The predicted octanol–water partition coefficient (Wildman–Crippen LogP) is -0.875. The molecule has 162 valence electrons. The summed E-state index contributed by atoms with van der Waals surface area (Å²) in [7, 11) is 1.56. The predicted molar refractivity (Wildman–Crippen MR) is 109 cm³/mol. The van der Waals surface area contributed by atoms with Crippen molar-refractivity contribution in [1.29, 1.82) is 0 Å². The average molecular weight is 417 g/mol. The highest BCUT2D eigenvalue weighted by molar-refractivity contribution is 5.97. The lowest BCUT2D eigenvalue weighted by atomic mass is 10.1. The molecular formula is C20H27N5O5. The zero-order valence-corrected chi connectivity index (χ0v) is 17.0. The van der Waals surface area contributed by atoms with Gasteiger partial charge in [-0.25, -0.2) is 0 Å². The van der Waals surface area contributed by atoms with Crippen LogP contribution in [-0.4, -0.2) is 97.8 Å². The number of hydrogen-bond donors (Lipinski definition) is 2. The molecule has 10 nitrogen and oxygen atoms in total. The molecule has 2 fully saturated rings. The van der Waals surface area contributed by atoms with Gasteiger partial charge in [-0.2, -0.15) is 0 Å². The normalized spacial score (nSPS) is 19.8. The van der Waals surface area contributed by atoms with Crippen LogP contribution in [0.5, 0.6) is 5.75 Å². The molecule has 0 spiro atoms. The number of carbonyl (C=O) groups excluding carboxylic acids is 4. The first-order chi connectivity index (χ1) is 14.5. The van der Waals surface area contributed by atoms with E-state index in [0.29, 0.717) is 50.7 Å². The molecule has 0 aromatic heterocycles. The van der Waals surface area contributed by atoms with Crippen molar-refractivity contribution >= 4 is 29.8 Å². The lowest BCUT2D eigenvalue weighted by Gasteiger charge is -2.37. The maximum Gasteiger partial charge on any atom is 0.243 e. The van der Waals surface area contributed by atoms with E-state index in [4.69, 9.17) is 4.74 Å². The Morgan fingerprint density at radius 2 is 1.87 bits per heavy atom. The van der Waals surface area contributed by atoms with Gasteiger partial charge in [-0.3, -0.25) is 24.1 Å². The molecule has 0 radical (unpaired) electrons. The molecule has 0 aliphatic carbocycles. The molecule has 0 saturated carbocycles. The van der Waals surface area contributed by atoms with Crippen LogP contribution < -0.4 is 15.4 Å². The van der Waals surface area contributed by atoms with Crippen molar-refractivity contribution in [3.8, 4) is 5.75 Å². The Kier molecular flexibility index (Phi) is 7.23. The Labute approximate surface area is 175 Å². The number of benzene rings is 1. The third kappa shape index (κ3) is 5.47. The van der Waals surface area contributed by atoms with E-state index in [-0.39, 0.29) is 30.7 Å². The minimum Gasteiger partial charge on any atom is -0.497 e. The first kappa shape index (κ1) is 21.6. The highest BCUT2D eigenvalue weighted by Gasteiger charge is 2.35. The SMILES string of the molecule is COc1ccc(NC(=O)CC2C(=O)NCCN2C(=O)CN2CCN(C=O)CC2)cc1. The number of rotatable bonds is 7. The Morgan fingerprint density at radius 1 is 1.17 bits per heavy atom. The fourth-order valence-corrected chi connectivity index (χ4v) is 3.59. The highest BCUT2D eigenvalue weighted by Crippen LogP contribution is 2.17. The number of anilines is 1. The quantitative estimate of drug-likeness (QED) is 0.558. The van der Waals surface area contributed by atoms with Crippen LogP contribution in [-0.2, 0) is 19.2 Å². The molecule has 3 rings (SSSR count). The third-order valence-corrected chi connectivity index (χ3v) is 5.32. The maximum atomic E-state index is 12.9. The van der Waals surface area contributed by atoms with Gasteiger partial charge >= 0.3 is 0 Å². The Morgan fingerprint density at radius 3 is 2.50 bits per heavy atom. The molecule has 1 aromatic carbocycles. The highest BCUT2D eigenvalue weighted by atomic mass is 16.5. The number of amides is 4. The molecular weight excluding hydrogens is 390 g/mol. The molecule has 4 amide bonds. The largest absolute Gasteiger partial charge is 0.497 e. The molecule has 2 saturated heterocycles. The average Bonchev–Trinajstić information content (AvgIpc) is 2.76. The number of nitrogens with zero attached hydrogens (tertiary/aromatic N) is 3. The van der Waals surface area contributed by atoms with E-state index in [1.54, 1.807) is 36.3 Å². The molecule has 2 heterocycles. The van der Waals surface area contributed by atoms with E-state index < -0.39 is 6.04 Å². The summed E-state index contributed by atoms with van der Waals surface area (Å²) in [6.45, 7) is 3.24. The molecule has 10 heteroatoms. The molecule has 2 aliphatic rings. The molecule has 2 aliphatic heterocycles. The van der Waals surface area contributed by atoms with Crippen LogP contribution in [0.2, 0.25) is 0 Å². The van der Waals surface area contributed by atoms with Crippen LogP contribution >= 0.6 is 0 Å². The van der Waals surface area contributed by atoms with E-state index in [1.165, 1.54) is 4.90 Å². The van der Waals surface area contributed by atoms with Gasteiger partial charge in [0.25, 0.3) is 0 Å². The second-order valence-corrected chi connectivity index (χ2v) is 7.29. The van der Waals surface area contributed by atoms with Crippen molar-refractivity contribution < 1.29 is 23.9 Å². The molecule has 2 N–H and O–H groups in total. The molecule has 1 unspecified atom stereocenters. The summed E-state index contributed by atoms with van der Waals surface area (Å²) in [4.78, 5) is 53.7. The van der Waals surface area contributed by atoms with Crippen molar-refractivity contribution in [3.05, 3.63) is 24.3 Å². The number of hydrogen-bond acceptors (Lipinski definition) is 6. The number of ether oxygens (including phenoxy) is 1. The minimum atomic E-state index is -0.847. The smallest absolute Gasteiger partial charge is 0.243 e. The molecule has 1 atom stereocenters.